The minimum atomic E-state index is -0.906. The van der Waals surface area contributed by atoms with E-state index in [4.69, 9.17) is 4.74 Å². The van der Waals surface area contributed by atoms with Crippen molar-refractivity contribution in [2.24, 2.45) is 0 Å². The largest absolute Gasteiger partial charge is 0.478 e. The standard InChI is InChI=1S/C22H32N2O4/c1-5-10-24(23-11-6-7-17(25)14-23)20-19(28-4)13-15-8-9-16(21(26)27)12-18(15)22(20,2)3/h8-9,12,19-20H,5-7,10-11,13-14H2,1-4H3,(H,26,27). The van der Waals surface area contributed by atoms with Crippen molar-refractivity contribution in [1.29, 1.82) is 0 Å². The number of benzene rings is 1. The summed E-state index contributed by atoms with van der Waals surface area (Å²) >= 11 is 0. The number of piperidine rings is 1. The van der Waals surface area contributed by atoms with Crippen LogP contribution in [0.1, 0.15) is 61.5 Å². The molecule has 0 radical (unpaired) electrons. The third kappa shape index (κ3) is 3.86. The molecule has 1 aliphatic heterocycles. The van der Waals surface area contributed by atoms with E-state index < -0.39 is 5.97 Å². The summed E-state index contributed by atoms with van der Waals surface area (Å²) in [6.45, 7) is 8.65. The second-order valence-corrected chi connectivity index (χ2v) is 8.52. The number of ether oxygens (including phenoxy) is 1. The number of carbonyl (C=O) groups excluding carboxylic acids is 1. The van der Waals surface area contributed by atoms with Gasteiger partial charge in [0.2, 0.25) is 0 Å². The van der Waals surface area contributed by atoms with Gasteiger partial charge in [0.25, 0.3) is 0 Å². The molecule has 2 aliphatic rings. The highest BCUT2D eigenvalue weighted by Crippen LogP contribution is 2.42. The van der Waals surface area contributed by atoms with Gasteiger partial charge in [0.15, 0.2) is 0 Å². The highest BCUT2D eigenvalue weighted by Gasteiger charge is 2.47. The van der Waals surface area contributed by atoms with Gasteiger partial charge in [-0.2, -0.15) is 0 Å². The summed E-state index contributed by atoms with van der Waals surface area (Å²) in [4.78, 5) is 23.7. The Bertz CT molecular complexity index is 746. The maximum Gasteiger partial charge on any atom is 0.335 e. The first-order chi connectivity index (χ1) is 13.3. The van der Waals surface area contributed by atoms with Crippen molar-refractivity contribution >= 4 is 11.8 Å². The summed E-state index contributed by atoms with van der Waals surface area (Å²) in [5, 5.41) is 14.0. The Kier molecular flexibility index (Phi) is 6.22. The zero-order chi connectivity index (χ0) is 20.5. The summed E-state index contributed by atoms with van der Waals surface area (Å²) in [6.07, 6.45) is 3.21. The number of nitrogens with zero attached hydrogens (tertiary/aromatic N) is 2. The molecule has 0 amide bonds. The van der Waals surface area contributed by atoms with Crippen LogP contribution in [0.2, 0.25) is 0 Å². The number of carboxylic acid groups (broad SMARTS) is 1. The third-order valence-electron chi connectivity index (χ3n) is 6.23. The second-order valence-electron chi connectivity index (χ2n) is 8.52. The SMILES string of the molecule is CCCN(C1C(OC)Cc2ccc(C(=O)O)cc2C1(C)C)N1CCCC(=O)C1. The Morgan fingerprint density at radius 2 is 2.14 bits per heavy atom. The molecule has 6 nitrogen and oxygen atoms in total. The van der Waals surface area contributed by atoms with E-state index in [0.717, 1.165) is 43.5 Å². The van der Waals surface area contributed by atoms with Crippen molar-refractivity contribution in [3.05, 3.63) is 34.9 Å². The van der Waals surface area contributed by atoms with Crippen molar-refractivity contribution in [2.45, 2.75) is 64.0 Å². The molecule has 3 rings (SSSR count). The van der Waals surface area contributed by atoms with E-state index in [1.165, 1.54) is 0 Å². The average Bonchev–Trinajstić information content (AvgIpc) is 2.66. The van der Waals surface area contributed by atoms with Gasteiger partial charge in [-0.15, -0.1) is 0 Å². The van der Waals surface area contributed by atoms with Gasteiger partial charge in [-0.1, -0.05) is 26.8 Å². The van der Waals surface area contributed by atoms with E-state index in [2.05, 4.69) is 30.8 Å². The first-order valence-corrected chi connectivity index (χ1v) is 10.2. The number of ketones is 1. The van der Waals surface area contributed by atoms with Crippen LogP contribution in [0.25, 0.3) is 0 Å². The minimum Gasteiger partial charge on any atom is -0.478 e. The summed E-state index contributed by atoms with van der Waals surface area (Å²) in [7, 11) is 1.75. The fourth-order valence-electron chi connectivity index (χ4n) is 4.94. The van der Waals surface area contributed by atoms with Crippen LogP contribution in [0.15, 0.2) is 18.2 Å². The highest BCUT2D eigenvalue weighted by atomic mass is 16.5. The van der Waals surface area contributed by atoms with Crippen LogP contribution in [-0.2, 0) is 21.4 Å². The fourth-order valence-corrected chi connectivity index (χ4v) is 4.94. The fraction of sp³-hybridized carbons (Fsp3) is 0.636. The highest BCUT2D eigenvalue weighted by molar-refractivity contribution is 5.88. The maximum atomic E-state index is 12.1. The summed E-state index contributed by atoms with van der Waals surface area (Å²) in [6, 6.07) is 5.46. The monoisotopic (exact) mass is 388 g/mol. The molecule has 28 heavy (non-hydrogen) atoms. The number of fused-ring (bicyclic) bond motifs is 1. The smallest absolute Gasteiger partial charge is 0.335 e. The molecule has 2 unspecified atom stereocenters. The van der Waals surface area contributed by atoms with Crippen molar-refractivity contribution in [2.75, 3.05) is 26.7 Å². The van der Waals surface area contributed by atoms with E-state index in [-0.39, 0.29) is 23.3 Å². The van der Waals surface area contributed by atoms with Crippen LogP contribution in [0.5, 0.6) is 0 Å². The number of hydrazine groups is 1. The predicted molar refractivity (Wildman–Crippen MR) is 108 cm³/mol. The number of hydrogen-bond acceptors (Lipinski definition) is 5. The third-order valence-corrected chi connectivity index (χ3v) is 6.23. The number of carboxylic acids is 1. The first-order valence-electron chi connectivity index (χ1n) is 10.2. The quantitative estimate of drug-likeness (QED) is 0.808. The Balaban J connectivity index is 2.04. The van der Waals surface area contributed by atoms with Crippen molar-refractivity contribution in [3.63, 3.8) is 0 Å². The number of carbonyl (C=O) groups is 2. The van der Waals surface area contributed by atoms with Gasteiger partial charge in [-0.25, -0.2) is 14.8 Å². The van der Waals surface area contributed by atoms with Gasteiger partial charge in [-0.05, 0) is 36.1 Å². The van der Waals surface area contributed by atoms with E-state index in [1.807, 2.05) is 12.1 Å². The van der Waals surface area contributed by atoms with E-state index in [1.54, 1.807) is 13.2 Å². The molecule has 1 aromatic rings. The summed E-state index contributed by atoms with van der Waals surface area (Å²) in [5.74, 6) is -0.625. The van der Waals surface area contributed by atoms with E-state index in [9.17, 15) is 14.7 Å². The van der Waals surface area contributed by atoms with Crippen LogP contribution in [0.4, 0.5) is 0 Å². The lowest BCUT2D eigenvalue weighted by atomic mass is 9.67. The van der Waals surface area contributed by atoms with Gasteiger partial charge in [0, 0.05) is 38.5 Å². The normalized spacial score (nSPS) is 25.0. The molecule has 1 heterocycles. The molecule has 1 fully saturated rings. The zero-order valence-electron chi connectivity index (χ0n) is 17.4. The molecule has 6 heteroatoms. The van der Waals surface area contributed by atoms with Gasteiger partial charge in [0.1, 0.15) is 5.78 Å². The molecule has 2 atom stereocenters. The predicted octanol–water partition coefficient (Wildman–Crippen LogP) is 2.89. The number of rotatable bonds is 6. The molecule has 154 valence electrons. The Morgan fingerprint density at radius 3 is 2.75 bits per heavy atom. The number of aromatic carboxylic acids is 1. The lowest BCUT2D eigenvalue weighted by Gasteiger charge is -2.53. The Labute approximate surface area is 167 Å². The molecule has 1 N–H and O–H groups in total. The van der Waals surface area contributed by atoms with E-state index in [0.29, 0.717) is 18.5 Å². The van der Waals surface area contributed by atoms with Crippen molar-refractivity contribution < 1.29 is 19.4 Å². The van der Waals surface area contributed by atoms with Crippen LogP contribution in [0.3, 0.4) is 0 Å². The summed E-state index contributed by atoms with van der Waals surface area (Å²) in [5.41, 5.74) is 2.20. The molecule has 0 saturated carbocycles. The molecule has 0 spiro atoms. The second kappa shape index (κ2) is 8.31. The molecule has 1 aliphatic carbocycles. The van der Waals surface area contributed by atoms with Crippen molar-refractivity contribution in [3.8, 4) is 0 Å². The molecule has 1 aromatic carbocycles. The van der Waals surface area contributed by atoms with Crippen molar-refractivity contribution in [1.82, 2.24) is 10.0 Å². The lowest BCUT2D eigenvalue weighted by molar-refractivity contribution is -0.151. The maximum absolute atomic E-state index is 12.1. The van der Waals surface area contributed by atoms with Crippen LogP contribution in [-0.4, -0.2) is 65.8 Å². The topological polar surface area (TPSA) is 70.1 Å². The van der Waals surface area contributed by atoms with Crippen LogP contribution < -0.4 is 0 Å². The molecule has 0 bridgehead atoms. The van der Waals surface area contributed by atoms with Crippen LogP contribution in [0, 0.1) is 0 Å². The van der Waals surface area contributed by atoms with E-state index >= 15 is 0 Å². The first kappa shape index (κ1) is 21.0. The molecule has 1 saturated heterocycles. The Morgan fingerprint density at radius 1 is 1.39 bits per heavy atom. The van der Waals surface area contributed by atoms with Crippen LogP contribution >= 0.6 is 0 Å². The molecular weight excluding hydrogens is 356 g/mol. The van der Waals surface area contributed by atoms with Gasteiger partial charge >= 0.3 is 5.97 Å². The summed E-state index contributed by atoms with van der Waals surface area (Å²) < 4.78 is 5.95. The Hall–Kier alpha value is -1.76. The van der Waals surface area contributed by atoms with Gasteiger partial charge in [-0.3, -0.25) is 4.79 Å². The zero-order valence-corrected chi connectivity index (χ0v) is 17.4. The van der Waals surface area contributed by atoms with Gasteiger partial charge in [0.05, 0.1) is 24.3 Å². The van der Waals surface area contributed by atoms with Gasteiger partial charge < -0.3 is 9.84 Å². The number of methoxy groups -OCH3 is 1. The minimum absolute atomic E-state index is 0.0262. The number of hydrogen-bond donors (Lipinski definition) is 1. The average molecular weight is 389 g/mol. The molecular formula is C22H32N2O4. The lowest BCUT2D eigenvalue weighted by Crippen LogP contribution is -2.64. The molecule has 0 aromatic heterocycles. The number of Topliss-reactive ketones (excluding diaryl/α,β-unsaturated/α-hetero) is 1.